The van der Waals surface area contributed by atoms with E-state index < -0.39 is 0 Å². The van der Waals surface area contributed by atoms with Crippen molar-refractivity contribution in [3.63, 3.8) is 0 Å². The largest absolute Gasteiger partial charge is 0.309 e. The van der Waals surface area contributed by atoms with Crippen LogP contribution in [0.3, 0.4) is 0 Å². The van der Waals surface area contributed by atoms with E-state index in [0.717, 1.165) is 5.92 Å². The Morgan fingerprint density at radius 3 is 0.763 bits per heavy atom. The molecule has 0 unspecified atom stereocenters. The molecular weight excluding hydrogens is 482 g/mol. The molecule has 0 radical (unpaired) electrons. The molecular formula is C36H76ClN. The Labute approximate surface area is 249 Å². The fourth-order valence-electron chi connectivity index (χ4n) is 6.10. The second kappa shape index (κ2) is 35.3. The first kappa shape index (κ1) is 40.4. The molecule has 0 aliphatic rings. The van der Waals surface area contributed by atoms with Crippen LogP contribution < -0.4 is 0 Å². The highest BCUT2D eigenvalue weighted by Gasteiger charge is 2.10. The van der Waals surface area contributed by atoms with E-state index in [1.165, 1.54) is 199 Å². The van der Waals surface area contributed by atoms with Crippen molar-refractivity contribution < 1.29 is 0 Å². The number of nitrogens with zero attached hydrogens (tertiary/aromatic N) is 1. The molecule has 0 aromatic carbocycles. The highest BCUT2D eigenvalue weighted by molar-refractivity contribution is 5.85. The number of hydrogen-bond donors (Lipinski definition) is 0. The van der Waals surface area contributed by atoms with Gasteiger partial charge in [0.2, 0.25) is 0 Å². The molecule has 0 bridgehead atoms. The molecule has 0 aromatic heterocycles. The van der Waals surface area contributed by atoms with Crippen LogP contribution in [0.25, 0.3) is 0 Å². The van der Waals surface area contributed by atoms with E-state index in [2.05, 4.69) is 32.8 Å². The minimum absolute atomic E-state index is 0. The molecule has 2 heteroatoms. The molecule has 0 atom stereocenters. The van der Waals surface area contributed by atoms with Crippen molar-refractivity contribution in [1.29, 1.82) is 0 Å². The lowest BCUT2D eigenvalue weighted by molar-refractivity contribution is 0.286. The van der Waals surface area contributed by atoms with Gasteiger partial charge < -0.3 is 4.90 Å². The summed E-state index contributed by atoms with van der Waals surface area (Å²) in [5.41, 5.74) is 0. The van der Waals surface area contributed by atoms with Gasteiger partial charge in [-0.3, -0.25) is 0 Å². The van der Waals surface area contributed by atoms with E-state index >= 15 is 0 Å². The summed E-state index contributed by atoms with van der Waals surface area (Å²) >= 11 is 0. The number of halogens is 1. The second-order valence-electron chi connectivity index (χ2n) is 12.9. The maximum Gasteiger partial charge on any atom is 0.000356 e. The fraction of sp³-hybridized carbons (Fsp3) is 1.00. The Kier molecular flexibility index (Phi) is 37.5. The van der Waals surface area contributed by atoms with Gasteiger partial charge in [-0.2, -0.15) is 0 Å². The van der Waals surface area contributed by atoms with E-state index in [9.17, 15) is 0 Å². The van der Waals surface area contributed by atoms with Gasteiger partial charge in [-0.1, -0.05) is 194 Å². The zero-order chi connectivity index (χ0) is 27.1. The molecule has 0 aromatic rings. The predicted octanol–water partition coefficient (Wildman–Crippen LogP) is 13.3. The van der Waals surface area contributed by atoms with Crippen LogP contribution >= 0.6 is 12.4 Å². The van der Waals surface area contributed by atoms with Crippen LogP contribution in [0, 0.1) is 5.92 Å². The van der Waals surface area contributed by atoms with Gasteiger partial charge in [-0.05, 0) is 32.9 Å². The number of rotatable bonds is 32. The Hall–Kier alpha value is 0.250. The minimum Gasteiger partial charge on any atom is -0.309 e. The molecule has 0 rings (SSSR count). The molecule has 0 fully saturated rings. The van der Waals surface area contributed by atoms with Crippen molar-refractivity contribution >= 4 is 12.4 Å². The molecule has 0 saturated carbocycles. The summed E-state index contributed by atoms with van der Waals surface area (Å²) in [5, 5.41) is 0. The van der Waals surface area contributed by atoms with Crippen LogP contribution in [0.5, 0.6) is 0 Å². The first-order valence-electron chi connectivity index (χ1n) is 17.8. The van der Waals surface area contributed by atoms with Gasteiger partial charge in [0, 0.05) is 6.54 Å². The maximum absolute atomic E-state index is 2.43. The van der Waals surface area contributed by atoms with Crippen molar-refractivity contribution in [2.75, 3.05) is 20.6 Å². The maximum atomic E-state index is 2.43. The summed E-state index contributed by atoms with van der Waals surface area (Å²) in [6.45, 7) is 5.92. The summed E-state index contributed by atoms with van der Waals surface area (Å²) in [5.74, 6) is 0.935. The van der Waals surface area contributed by atoms with Crippen molar-refractivity contribution in [2.24, 2.45) is 5.92 Å². The summed E-state index contributed by atoms with van der Waals surface area (Å²) in [6.07, 6.45) is 44.0. The molecule has 0 amide bonds. The lowest BCUT2D eigenvalue weighted by Gasteiger charge is -2.21. The Balaban J connectivity index is 0. The Bertz CT molecular complexity index is 365. The molecule has 0 heterocycles. The van der Waals surface area contributed by atoms with Gasteiger partial charge in [-0.15, -0.1) is 12.4 Å². The summed E-state index contributed by atoms with van der Waals surface area (Å²) < 4.78 is 0. The molecule has 0 saturated heterocycles. The van der Waals surface area contributed by atoms with Gasteiger partial charge >= 0.3 is 0 Å². The van der Waals surface area contributed by atoms with Crippen molar-refractivity contribution in [2.45, 2.75) is 206 Å². The van der Waals surface area contributed by atoms with Gasteiger partial charge in [0.1, 0.15) is 0 Å². The number of hydrogen-bond acceptors (Lipinski definition) is 1. The van der Waals surface area contributed by atoms with Crippen molar-refractivity contribution in [3.05, 3.63) is 0 Å². The predicted molar refractivity (Wildman–Crippen MR) is 179 cm³/mol. The topological polar surface area (TPSA) is 3.24 Å². The van der Waals surface area contributed by atoms with E-state index in [0.29, 0.717) is 0 Å². The van der Waals surface area contributed by atoms with E-state index in [4.69, 9.17) is 0 Å². The van der Waals surface area contributed by atoms with Gasteiger partial charge in [0.25, 0.3) is 0 Å². The number of unbranched alkanes of at least 4 members (excludes halogenated alkanes) is 26. The third kappa shape index (κ3) is 34.3. The fourth-order valence-corrected chi connectivity index (χ4v) is 6.10. The minimum atomic E-state index is 0. The molecule has 0 aliphatic heterocycles. The Morgan fingerprint density at radius 1 is 0.342 bits per heavy atom. The van der Waals surface area contributed by atoms with Gasteiger partial charge in [-0.25, -0.2) is 0 Å². The van der Waals surface area contributed by atoms with Crippen LogP contribution in [-0.4, -0.2) is 25.5 Å². The summed E-state index contributed by atoms with van der Waals surface area (Å²) in [6, 6.07) is 0. The monoisotopic (exact) mass is 558 g/mol. The quantitative estimate of drug-likeness (QED) is 0.0743. The van der Waals surface area contributed by atoms with Gasteiger partial charge in [0.05, 0.1) is 0 Å². The summed E-state index contributed by atoms with van der Waals surface area (Å²) in [4.78, 5) is 2.43. The zero-order valence-corrected chi connectivity index (χ0v) is 28.2. The highest BCUT2D eigenvalue weighted by atomic mass is 35.5. The van der Waals surface area contributed by atoms with Crippen LogP contribution in [0.1, 0.15) is 206 Å². The molecule has 38 heavy (non-hydrogen) atoms. The van der Waals surface area contributed by atoms with Crippen LogP contribution in [0.4, 0.5) is 0 Å². The lowest BCUT2D eigenvalue weighted by atomic mass is 9.93. The van der Waals surface area contributed by atoms with E-state index in [-0.39, 0.29) is 12.4 Å². The van der Waals surface area contributed by atoms with Crippen molar-refractivity contribution in [1.82, 2.24) is 4.90 Å². The van der Waals surface area contributed by atoms with Crippen molar-refractivity contribution in [3.8, 4) is 0 Å². The second-order valence-corrected chi connectivity index (χ2v) is 12.9. The first-order chi connectivity index (χ1) is 18.2. The third-order valence-corrected chi connectivity index (χ3v) is 8.56. The first-order valence-corrected chi connectivity index (χ1v) is 17.8. The highest BCUT2D eigenvalue weighted by Crippen LogP contribution is 2.21. The molecule has 1 nitrogen and oxygen atoms in total. The van der Waals surface area contributed by atoms with Crippen LogP contribution in [0.15, 0.2) is 0 Å². The van der Waals surface area contributed by atoms with Crippen LogP contribution in [0.2, 0.25) is 0 Å². The normalized spacial score (nSPS) is 11.5. The third-order valence-electron chi connectivity index (χ3n) is 8.56. The van der Waals surface area contributed by atoms with Crippen LogP contribution in [-0.2, 0) is 0 Å². The Morgan fingerprint density at radius 2 is 0.553 bits per heavy atom. The smallest absolute Gasteiger partial charge is 0.000356 e. The van der Waals surface area contributed by atoms with E-state index in [1.54, 1.807) is 0 Å². The molecule has 0 aliphatic carbocycles. The molecule has 0 spiro atoms. The SMILES string of the molecule is CCCCCCCCCCCCCCCCC(CCCCCCCCCCCCCCCC)CN(C)C.Cl. The summed E-state index contributed by atoms with van der Waals surface area (Å²) in [7, 11) is 4.53. The lowest BCUT2D eigenvalue weighted by Crippen LogP contribution is -2.21. The van der Waals surface area contributed by atoms with E-state index in [1.807, 2.05) is 0 Å². The molecule has 232 valence electrons. The average molecular weight is 558 g/mol. The van der Waals surface area contributed by atoms with Gasteiger partial charge in [0.15, 0.2) is 0 Å². The average Bonchev–Trinajstić information content (AvgIpc) is 2.88. The zero-order valence-electron chi connectivity index (χ0n) is 27.4. The molecule has 0 N–H and O–H groups in total. The standard InChI is InChI=1S/C36H75N.ClH/c1-5-7-9-11-13-15-17-19-21-23-25-27-29-31-33-36(35-37(3)4)34-32-30-28-26-24-22-20-18-16-14-12-10-8-6-2;/h36H,5-35H2,1-4H3;1H.